The van der Waals surface area contributed by atoms with E-state index in [4.69, 9.17) is 18.5 Å². The summed E-state index contributed by atoms with van der Waals surface area (Å²) in [5.41, 5.74) is 0. The van der Waals surface area contributed by atoms with Crippen molar-refractivity contribution in [3.63, 3.8) is 0 Å². The van der Waals surface area contributed by atoms with Crippen LogP contribution in [0.15, 0.2) is 109 Å². The Bertz CT molecular complexity index is 1430. The van der Waals surface area contributed by atoms with Crippen LogP contribution in [0.4, 0.5) is 0 Å². The fourth-order valence-electron chi connectivity index (χ4n) is 6.10. The number of hydrogen-bond acceptors (Lipinski definition) is 11. The van der Waals surface area contributed by atoms with E-state index >= 15 is 0 Å². The maximum absolute atomic E-state index is 12.8. The first-order valence-corrected chi connectivity index (χ1v) is 24.2. The summed E-state index contributed by atoms with van der Waals surface area (Å²) in [6.07, 6.45) is 41.7. The van der Waals surface area contributed by atoms with Gasteiger partial charge in [-0.1, -0.05) is 149 Å². The van der Waals surface area contributed by atoms with Crippen molar-refractivity contribution in [2.75, 3.05) is 19.8 Å². The number of ether oxygens (including phenoxy) is 2. The molecule has 0 spiro atoms. The van der Waals surface area contributed by atoms with Gasteiger partial charge in [0.1, 0.15) is 42.7 Å². The topological polar surface area (TPSA) is 192 Å². The molecule has 13 heteroatoms. The van der Waals surface area contributed by atoms with Gasteiger partial charge in [0.05, 0.1) is 13.2 Å². The van der Waals surface area contributed by atoms with Crippen LogP contribution in [0.2, 0.25) is 0 Å². The molecule has 0 aromatic heterocycles. The highest BCUT2D eigenvalue weighted by molar-refractivity contribution is 7.47. The molecule has 0 aromatic rings. The number of hydrogen-bond donors (Lipinski definition) is 6. The maximum atomic E-state index is 12.8. The van der Waals surface area contributed by atoms with Crippen LogP contribution in [0.3, 0.4) is 0 Å². The molecule has 12 nitrogen and oxygen atoms in total. The molecule has 0 radical (unpaired) electrons. The Labute approximate surface area is 372 Å². The van der Waals surface area contributed by atoms with Crippen molar-refractivity contribution in [3.8, 4) is 0 Å². The summed E-state index contributed by atoms with van der Waals surface area (Å²) in [7, 11) is -5.05. The lowest BCUT2D eigenvalue weighted by atomic mass is 9.85. The third-order valence-electron chi connectivity index (χ3n) is 9.65. The van der Waals surface area contributed by atoms with Crippen LogP contribution in [0, 0.1) is 0 Å². The first-order valence-electron chi connectivity index (χ1n) is 22.7. The van der Waals surface area contributed by atoms with Gasteiger partial charge in [-0.05, 0) is 83.5 Å². The van der Waals surface area contributed by atoms with Crippen molar-refractivity contribution in [1.82, 2.24) is 0 Å². The second-order valence-corrected chi connectivity index (χ2v) is 16.5. The third-order valence-corrected chi connectivity index (χ3v) is 10.6. The van der Waals surface area contributed by atoms with Crippen molar-refractivity contribution in [2.24, 2.45) is 0 Å². The van der Waals surface area contributed by atoms with E-state index in [0.717, 1.165) is 96.3 Å². The van der Waals surface area contributed by atoms with Gasteiger partial charge in [0.25, 0.3) is 0 Å². The second kappa shape index (κ2) is 38.5. The van der Waals surface area contributed by atoms with Crippen LogP contribution >= 0.6 is 7.82 Å². The molecule has 0 aliphatic heterocycles. The van der Waals surface area contributed by atoms with Gasteiger partial charge in [-0.15, -0.1) is 0 Å². The minimum Gasteiger partial charge on any atom is -0.457 e. The normalized spacial score (nSPS) is 23.0. The summed E-state index contributed by atoms with van der Waals surface area (Å²) in [5, 5.41) is 50.2. The van der Waals surface area contributed by atoms with E-state index in [1.165, 1.54) is 0 Å². The molecule has 0 amide bonds. The van der Waals surface area contributed by atoms with Crippen molar-refractivity contribution >= 4 is 13.8 Å². The van der Waals surface area contributed by atoms with Gasteiger partial charge in [0.15, 0.2) is 0 Å². The fraction of sp³-hybridized carbons (Fsp3) is 0.612. The summed E-state index contributed by atoms with van der Waals surface area (Å²) in [5.74, 6) is -0.570. The molecular formula is C49H79O12P. The summed E-state index contributed by atoms with van der Waals surface area (Å²) < 4.78 is 34.1. The number of phosphoric acid groups is 1. The smallest absolute Gasteiger partial charge is 0.457 e. The maximum Gasteiger partial charge on any atom is 0.472 e. The zero-order valence-corrected chi connectivity index (χ0v) is 38.3. The van der Waals surface area contributed by atoms with Crippen molar-refractivity contribution in [2.45, 2.75) is 172 Å². The number of unbranched alkanes of at least 4 members (excludes halogenated alkanes) is 6. The van der Waals surface area contributed by atoms with E-state index in [1.807, 2.05) is 12.2 Å². The average molecular weight is 891 g/mol. The Morgan fingerprint density at radius 3 is 1.37 bits per heavy atom. The van der Waals surface area contributed by atoms with Gasteiger partial charge in [0.2, 0.25) is 0 Å². The lowest BCUT2D eigenvalue weighted by molar-refractivity contribution is -0.220. The van der Waals surface area contributed by atoms with Gasteiger partial charge >= 0.3 is 13.8 Å². The van der Waals surface area contributed by atoms with Gasteiger partial charge in [-0.25, -0.2) is 4.57 Å². The summed E-state index contributed by atoms with van der Waals surface area (Å²) in [4.78, 5) is 23.1. The molecule has 1 fully saturated rings. The monoisotopic (exact) mass is 891 g/mol. The molecule has 62 heavy (non-hydrogen) atoms. The molecule has 1 aliphatic rings. The zero-order chi connectivity index (χ0) is 45.5. The van der Waals surface area contributed by atoms with Gasteiger partial charge in [0, 0.05) is 13.0 Å². The van der Waals surface area contributed by atoms with E-state index in [9.17, 15) is 39.8 Å². The Kier molecular flexibility index (Phi) is 35.4. The number of phosphoric ester groups is 1. The summed E-state index contributed by atoms with van der Waals surface area (Å²) >= 11 is 0. The molecular weight excluding hydrogens is 812 g/mol. The summed E-state index contributed by atoms with van der Waals surface area (Å²) in [6.45, 7) is 3.89. The molecule has 1 aliphatic carbocycles. The average Bonchev–Trinajstić information content (AvgIpc) is 3.26. The molecule has 352 valence electrons. The number of carbonyl (C=O) groups excluding carboxylic acids is 1. The number of allylic oxidation sites excluding steroid dienone is 18. The van der Waals surface area contributed by atoms with E-state index in [0.29, 0.717) is 19.4 Å². The first kappa shape index (κ1) is 57.0. The minimum absolute atomic E-state index is 0.0499. The van der Waals surface area contributed by atoms with Crippen LogP contribution < -0.4 is 0 Å². The van der Waals surface area contributed by atoms with Gasteiger partial charge in [-0.2, -0.15) is 0 Å². The third kappa shape index (κ3) is 30.1. The minimum atomic E-state index is -5.05. The Balaban J connectivity index is 2.49. The fourth-order valence-corrected chi connectivity index (χ4v) is 7.07. The van der Waals surface area contributed by atoms with Crippen LogP contribution in [-0.2, 0) is 27.9 Å². The number of rotatable bonds is 36. The molecule has 0 aromatic carbocycles. The number of esters is 1. The van der Waals surface area contributed by atoms with Crippen molar-refractivity contribution < 1.29 is 58.3 Å². The van der Waals surface area contributed by atoms with Crippen molar-refractivity contribution in [3.05, 3.63) is 109 Å². The molecule has 0 bridgehead atoms. The van der Waals surface area contributed by atoms with Crippen LogP contribution in [0.25, 0.3) is 0 Å². The van der Waals surface area contributed by atoms with Crippen molar-refractivity contribution in [1.29, 1.82) is 0 Å². The Morgan fingerprint density at radius 2 is 0.903 bits per heavy atom. The summed E-state index contributed by atoms with van der Waals surface area (Å²) in [6, 6.07) is 0. The van der Waals surface area contributed by atoms with E-state index in [-0.39, 0.29) is 13.0 Å². The molecule has 6 unspecified atom stereocenters. The number of carbonyl (C=O) groups is 1. The number of aliphatic hydroxyl groups is 5. The Morgan fingerprint density at radius 1 is 0.516 bits per heavy atom. The van der Waals surface area contributed by atoms with E-state index in [1.54, 1.807) is 0 Å². The molecule has 1 saturated carbocycles. The molecule has 6 atom stereocenters. The largest absolute Gasteiger partial charge is 0.472 e. The van der Waals surface area contributed by atoms with E-state index in [2.05, 4.69) is 111 Å². The molecule has 6 N–H and O–H groups in total. The second-order valence-electron chi connectivity index (χ2n) is 15.1. The first-order chi connectivity index (χ1) is 30.0. The highest BCUT2D eigenvalue weighted by atomic mass is 31.2. The lowest BCUT2D eigenvalue weighted by Crippen LogP contribution is -2.64. The molecule has 0 heterocycles. The SMILES string of the molecule is CC/C=C\C/C=C\C/C=C\C/C=C\C/C=C\C/C=C\CCC(=O)OC(COCCCCCCCC/C=C\C/C=C\C/C=C\CC)COP(=O)(O)OC1C(O)C(O)C(O)C(O)C1O. The lowest BCUT2D eigenvalue weighted by Gasteiger charge is -2.41. The predicted molar refractivity (Wildman–Crippen MR) is 248 cm³/mol. The quantitative estimate of drug-likeness (QED) is 0.0151. The highest BCUT2D eigenvalue weighted by Crippen LogP contribution is 2.47. The van der Waals surface area contributed by atoms with Crippen LogP contribution in [0.5, 0.6) is 0 Å². The highest BCUT2D eigenvalue weighted by Gasteiger charge is 2.51. The molecule has 0 saturated heterocycles. The van der Waals surface area contributed by atoms with Crippen LogP contribution in [0.1, 0.15) is 129 Å². The van der Waals surface area contributed by atoms with Gasteiger partial charge in [-0.3, -0.25) is 13.8 Å². The van der Waals surface area contributed by atoms with E-state index < -0.39 is 63.1 Å². The molecule has 1 rings (SSSR count). The van der Waals surface area contributed by atoms with Gasteiger partial charge < -0.3 is 39.9 Å². The zero-order valence-electron chi connectivity index (χ0n) is 37.4. The number of aliphatic hydroxyl groups excluding tert-OH is 5. The Hall–Kier alpha value is -3.00. The van der Waals surface area contributed by atoms with Crippen LogP contribution in [-0.4, -0.2) is 98.9 Å². The standard InChI is InChI=1S/C49H79O12P/c1-3-5-7-9-11-13-15-17-19-21-22-23-24-26-28-30-32-34-36-38-43(50)60-42(41-59-62(56,57)61-49-47(54)45(52)44(51)46(53)48(49)55)40-58-39-37-35-33-31-29-27-25-20-18-16-14-12-10-8-6-4-2/h5-8,11-14,17-20,22-23,26,28,32,34,42,44-49,51-55H,3-4,9-10,15-16,21,24-25,27,29-31,33,35-41H2,1-2H3,(H,56,57)/b7-5-,8-6-,13-11-,14-12-,19-17-,20-18-,23-22-,28-26-,34-32-. The predicted octanol–water partition coefficient (Wildman–Crippen LogP) is 9.30.